The second kappa shape index (κ2) is 7.93. The number of guanidine groups is 1. The maximum Gasteiger partial charge on any atom is 0.228 e. The predicted octanol–water partition coefficient (Wildman–Crippen LogP) is 2.50. The van der Waals surface area contributed by atoms with Crippen LogP contribution in [0, 0.1) is 0 Å². The Kier molecular flexibility index (Phi) is 5.94. The van der Waals surface area contributed by atoms with Crippen LogP contribution in [0.3, 0.4) is 0 Å². The summed E-state index contributed by atoms with van der Waals surface area (Å²) in [5.74, 6) is 2.56. The Labute approximate surface area is 135 Å². The minimum absolute atomic E-state index is 0.287. The van der Waals surface area contributed by atoms with Crippen molar-refractivity contribution in [3.63, 3.8) is 0 Å². The lowest BCUT2D eigenvalue weighted by Crippen LogP contribution is -2.39. The van der Waals surface area contributed by atoms with Gasteiger partial charge in [-0.25, -0.2) is 0 Å². The van der Waals surface area contributed by atoms with Gasteiger partial charge in [0.15, 0.2) is 11.8 Å². The zero-order valence-electron chi connectivity index (χ0n) is 13.5. The van der Waals surface area contributed by atoms with E-state index in [0.29, 0.717) is 18.9 Å². The third-order valence-corrected chi connectivity index (χ3v) is 3.93. The van der Waals surface area contributed by atoms with Gasteiger partial charge in [-0.05, 0) is 22.4 Å². The van der Waals surface area contributed by atoms with E-state index in [4.69, 9.17) is 4.52 Å². The van der Waals surface area contributed by atoms with Crippen molar-refractivity contribution in [2.24, 2.45) is 4.99 Å². The average Bonchev–Trinajstić information content (AvgIpc) is 3.14. The van der Waals surface area contributed by atoms with Gasteiger partial charge in [0.05, 0.1) is 0 Å². The molecule has 2 aromatic rings. The molecular weight excluding hydrogens is 298 g/mol. The van der Waals surface area contributed by atoms with Crippen molar-refractivity contribution in [1.82, 2.24) is 20.4 Å². The Morgan fingerprint density at radius 3 is 2.91 bits per heavy atom. The molecule has 0 atom stereocenters. The van der Waals surface area contributed by atoms with Gasteiger partial charge in [-0.3, -0.25) is 4.99 Å². The normalized spacial score (nSPS) is 12.0. The van der Waals surface area contributed by atoms with Crippen LogP contribution in [0.5, 0.6) is 0 Å². The highest BCUT2D eigenvalue weighted by Gasteiger charge is 2.10. The van der Waals surface area contributed by atoms with Crippen LogP contribution >= 0.6 is 11.3 Å². The van der Waals surface area contributed by atoms with E-state index in [1.165, 1.54) is 5.56 Å². The molecule has 0 amide bonds. The Balaban J connectivity index is 1.80. The molecule has 0 bridgehead atoms. The highest BCUT2D eigenvalue weighted by Crippen LogP contribution is 2.10. The lowest BCUT2D eigenvalue weighted by Gasteiger charge is -2.21. The van der Waals surface area contributed by atoms with Gasteiger partial charge in [0.25, 0.3) is 0 Å². The highest BCUT2D eigenvalue weighted by molar-refractivity contribution is 7.07. The van der Waals surface area contributed by atoms with Gasteiger partial charge in [0.1, 0.15) is 0 Å². The van der Waals surface area contributed by atoms with Gasteiger partial charge >= 0.3 is 0 Å². The summed E-state index contributed by atoms with van der Waals surface area (Å²) in [6.07, 6.45) is 0.686. The molecule has 0 radical (unpaired) electrons. The summed E-state index contributed by atoms with van der Waals surface area (Å²) in [5.41, 5.74) is 1.29. The van der Waals surface area contributed by atoms with Crippen molar-refractivity contribution in [1.29, 1.82) is 0 Å². The monoisotopic (exact) mass is 321 g/mol. The molecule has 0 fully saturated rings. The SMILES string of the molecule is CN=C(NCCc1nc(C(C)C)no1)N(C)Cc1ccsc1. The molecule has 0 spiro atoms. The molecule has 0 saturated heterocycles. The first-order valence-corrected chi connectivity index (χ1v) is 8.29. The van der Waals surface area contributed by atoms with Crippen molar-refractivity contribution in [2.45, 2.75) is 32.7 Å². The second-order valence-corrected chi connectivity index (χ2v) is 6.19. The summed E-state index contributed by atoms with van der Waals surface area (Å²) in [6.45, 7) is 5.64. The maximum absolute atomic E-state index is 5.23. The summed E-state index contributed by atoms with van der Waals surface area (Å²) >= 11 is 1.71. The standard InChI is InChI=1S/C15H23N5OS/c1-11(2)14-18-13(21-19-14)5-7-17-15(16-3)20(4)9-12-6-8-22-10-12/h6,8,10-11H,5,7,9H2,1-4H3,(H,16,17). The van der Waals surface area contributed by atoms with Crippen LogP contribution in [-0.2, 0) is 13.0 Å². The van der Waals surface area contributed by atoms with Crippen molar-refractivity contribution < 1.29 is 4.52 Å². The van der Waals surface area contributed by atoms with E-state index in [1.807, 2.05) is 20.9 Å². The number of hydrogen-bond donors (Lipinski definition) is 1. The van der Waals surface area contributed by atoms with Gasteiger partial charge in [-0.15, -0.1) is 0 Å². The fraction of sp³-hybridized carbons (Fsp3) is 0.533. The summed E-state index contributed by atoms with van der Waals surface area (Å²) in [6, 6.07) is 2.13. The van der Waals surface area contributed by atoms with Gasteiger partial charge in [0, 0.05) is 39.5 Å². The summed E-state index contributed by atoms with van der Waals surface area (Å²) in [5, 5.41) is 11.5. The van der Waals surface area contributed by atoms with Crippen LogP contribution in [0.25, 0.3) is 0 Å². The summed E-state index contributed by atoms with van der Waals surface area (Å²) < 4.78 is 5.23. The van der Waals surface area contributed by atoms with E-state index < -0.39 is 0 Å². The predicted molar refractivity (Wildman–Crippen MR) is 89.2 cm³/mol. The fourth-order valence-corrected chi connectivity index (χ4v) is 2.66. The van der Waals surface area contributed by atoms with Crippen molar-refractivity contribution in [2.75, 3.05) is 20.6 Å². The Morgan fingerprint density at radius 1 is 1.50 bits per heavy atom. The van der Waals surface area contributed by atoms with Gasteiger partial charge < -0.3 is 14.7 Å². The average molecular weight is 321 g/mol. The number of aliphatic imine (C=N–C) groups is 1. The van der Waals surface area contributed by atoms with E-state index in [-0.39, 0.29) is 5.92 Å². The van der Waals surface area contributed by atoms with Gasteiger partial charge in [0.2, 0.25) is 5.89 Å². The van der Waals surface area contributed by atoms with Crippen molar-refractivity contribution >= 4 is 17.3 Å². The van der Waals surface area contributed by atoms with Crippen LogP contribution in [0.1, 0.15) is 37.0 Å². The van der Waals surface area contributed by atoms with E-state index in [0.717, 1.165) is 18.3 Å². The number of thiophene rings is 1. The molecule has 0 aliphatic carbocycles. The van der Waals surface area contributed by atoms with Gasteiger partial charge in [-0.1, -0.05) is 19.0 Å². The number of rotatable bonds is 6. The zero-order chi connectivity index (χ0) is 15.9. The molecule has 2 aromatic heterocycles. The Morgan fingerprint density at radius 2 is 2.32 bits per heavy atom. The zero-order valence-corrected chi connectivity index (χ0v) is 14.4. The van der Waals surface area contributed by atoms with Crippen LogP contribution in [0.4, 0.5) is 0 Å². The smallest absolute Gasteiger partial charge is 0.228 e. The van der Waals surface area contributed by atoms with Gasteiger partial charge in [-0.2, -0.15) is 16.3 Å². The molecule has 0 aliphatic rings. The van der Waals surface area contributed by atoms with Crippen molar-refractivity contribution in [3.8, 4) is 0 Å². The Bertz CT molecular complexity index is 591. The molecule has 2 heterocycles. The number of hydrogen-bond acceptors (Lipinski definition) is 5. The number of nitrogens with one attached hydrogen (secondary N) is 1. The van der Waals surface area contributed by atoms with Crippen LogP contribution in [0.2, 0.25) is 0 Å². The van der Waals surface area contributed by atoms with Crippen LogP contribution < -0.4 is 5.32 Å². The van der Waals surface area contributed by atoms with Crippen molar-refractivity contribution in [3.05, 3.63) is 34.1 Å². The first-order chi connectivity index (χ1) is 10.6. The molecule has 1 N–H and O–H groups in total. The maximum atomic E-state index is 5.23. The topological polar surface area (TPSA) is 66.5 Å². The van der Waals surface area contributed by atoms with Crippen LogP contribution in [-0.4, -0.2) is 41.6 Å². The molecule has 120 valence electrons. The first kappa shape index (κ1) is 16.5. The number of nitrogens with zero attached hydrogens (tertiary/aromatic N) is 4. The molecule has 0 aliphatic heterocycles. The fourth-order valence-electron chi connectivity index (χ4n) is 2.00. The largest absolute Gasteiger partial charge is 0.356 e. The second-order valence-electron chi connectivity index (χ2n) is 5.41. The minimum atomic E-state index is 0.287. The van der Waals surface area contributed by atoms with E-state index in [2.05, 4.69) is 42.2 Å². The summed E-state index contributed by atoms with van der Waals surface area (Å²) in [7, 11) is 3.81. The third-order valence-electron chi connectivity index (χ3n) is 3.20. The first-order valence-electron chi connectivity index (χ1n) is 7.35. The van der Waals surface area contributed by atoms with E-state index >= 15 is 0 Å². The molecule has 2 rings (SSSR count). The highest BCUT2D eigenvalue weighted by atomic mass is 32.1. The molecule has 0 unspecified atom stereocenters. The minimum Gasteiger partial charge on any atom is -0.356 e. The molecular formula is C15H23N5OS. The van der Waals surface area contributed by atoms with E-state index in [9.17, 15) is 0 Å². The number of aromatic nitrogens is 2. The van der Waals surface area contributed by atoms with Crippen LogP contribution in [0.15, 0.2) is 26.3 Å². The quantitative estimate of drug-likeness (QED) is 0.654. The lowest BCUT2D eigenvalue weighted by molar-refractivity contribution is 0.370. The lowest BCUT2D eigenvalue weighted by atomic mass is 10.2. The Hall–Kier alpha value is -1.89. The third kappa shape index (κ3) is 4.56. The molecule has 22 heavy (non-hydrogen) atoms. The molecule has 6 nitrogen and oxygen atoms in total. The molecule has 0 aromatic carbocycles. The molecule has 7 heteroatoms. The van der Waals surface area contributed by atoms with E-state index in [1.54, 1.807) is 18.4 Å². The summed E-state index contributed by atoms with van der Waals surface area (Å²) in [4.78, 5) is 10.8. The molecule has 0 saturated carbocycles.